The molecule has 0 aliphatic heterocycles. The predicted octanol–water partition coefficient (Wildman–Crippen LogP) is 3.68. The van der Waals surface area contributed by atoms with Crippen LogP contribution in [0.4, 0.5) is 4.39 Å². The first-order chi connectivity index (χ1) is 9.10. The molecule has 98 valence electrons. The average Bonchev–Trinajstić information content (AvgIpc) is 2.41. The molecule has 0 aromatic heterocycles. The van der Waals surface area contributed by atoms with Crippen LogP contribution in [0.15, 0.2) is 52.3 Å². The van der Waals surface area contributed by atoms with E-state index in [2.05, 4.69) is 0 Å². The van der Waals surface area contributed by atoms with Gasteiger partial charge in [0.2, 0.25) is 0 Å². The molecule has 0 aliphatic rings. The summed E-state index contributed by atoms with van der Waals surface area (Å²) in [6.45, 7) is 0. The van der Waals surface area contributed by atoms with Gasteiger partial charge in [0.15, 0.2) is 0 Å². The largest absolute Gasteiger partial charge is 0.497 e. The van der Waals surface area contributed by atoms with Gasteiger partial charge in [0.1, 0.15) is 11.6 Å². The number of aromatic carboxylic acids is 1. The number of hydrogen-bond donors (Lipinski definition) is 1. The lowest BCUT2D eigenvalue weighted by molar-refractivity contribution is 0.0692. The lowest BCUT2D eigenvalue weighted by Gasteiger charge is -2.07. The number of carboxylic acids is 1. The Balaban J connectivity index is 2.34. The number of carbonyl (C=O) groups is 1. The Labute approximate surface area is 114 Å². The van der Waals surface area contributed by atoms with Crippen molar-refractivity contribution < 1.29 is 19.0 Å². The van der Waals surface area contributed by atoms with Crippen LogP contribution in [-0.2, 0) is 0 Å². The van der Waals surface area contributed by atoms with E-state index in [-0.39, 0.29) is 5.56 Å². The number of ether oxygens (including phenoxy) is 1. The van der Waals surface area contributed by atoms with Crippen molar-refractivity contribution in [2.45, 2.75) is 9.79 Å². The summed E-state index contributed by atoms with van der Waals surface area (Å²) in [7, 11) is 1.56. The second-order valence-corrected chi connectivity index (χ2v) is 4.84. The van der Waals surface area contributed by atoms with Crippen molar-refractivity contribution in [1.29, 1.82) is 0 Å². The summed E-state index contributed by atoms with van der Waals surface area (Å²) in [5.74, 6) is -1.03. The van der Waals surface area contributed by atoms with Crippen LogP contribution < -0.4 is 4.74 Å². The van der Waals surface area contributed by atoms with Gasteiger partial charge in [0.25, 0.3) is 0 Å². The first kappa shape index (κ1) is 13.4. The molecule has 0 aliphatic carbocycles. The van der Waals surface area contributed by atoms with Gasteiger partial charge in [-0.25, -0.2) is 9.18 Å². The van der Waals surface area contributed by atoms with Crippen molar-refractivity contribution in [2.24, 2.45) is 0 Å². The highest BCUT2D eigenvalue weighted by Gasteiger charge is 2.12. The Morgan fingerprint density at radius 1 is 1.26 bits per heavy atom. The summed E-state index contributed by atoms with van der Waals surface area (Å²) < 4.78 is 18.2. The van der Waals surface area contributed by atoms with E-state index in [9.17, 15) is 9.18 Å². The van der Waals surface area contributed by atoms with Crippen molar-refractivity contribution in [3.63, 3.8) is 0 Å². The van der Waals surface area contributed by atoms with Crippen LogP contribution in [0.25, 0.3) is 0 Å². The molecule has 2 rings (SSSR count). The number of benzene rings is 2. The van der Waals surface area contributed by atoms with Crippen molar-refractivity contribution >= 4 is 17.7 Å². The zero-order chi connectivity index (χ0) is 13.8. The molecule has 19 heavy (non-hydrogen) atoms. The third-order valence-corrected chi connectivity index (χ3v) is 3.51. The Morgan fingerprint density at radius 2 is 2.05 bits per heavy atom. The molecule has 0 amide bonds. The number of methoxy groups -OCH3 is 1. The lowest BCUT2D eigenvalue weighted by Crippen LogP contribution is -1.99. The van der Waals surface area contributed by atoms with Crippen LogP contribution in [-0.4, -0.2) is 18.2 Å². The van der Waals surface area contributed by atoms with Crippen LogP contribution in [0.1, 0.15) is 10.4 Å². The van der Waals surface area contributed by atoms with Crippen LogP contribution in [0.5, 0.6) is 5.75 Å². The van der Waals surface area contributed by atoms with Crippen molar-refractivity contribution in [2.75, 3.05) is 7.11 Å². The molecule has 5 heteroatoms. The molecule has 2 aromatic carbocycles. The summed E-state index contributed by atoms with van der Waals surface area (Å²) in [4.78, 5) is 12.4. The van der Waals surface area contributed by atoms with Gasteiger partial charge in [-0.15, -0.1) is 0 Å². The maximum Gasteiger partial charge on any atom is 0.336 e. The molecule has 0 bridgehead atoms. The maximum absolute atomic E-state index is 13.1. The molecule has 0 radical (unpaired) electrons. The van der Waals surface area contributed by atoms with Gasteiger partial charge in [0, 0.05) is 9.79 Å². The van der Waals surface area contributed by atoms with E-state index in [1.807, 2.05) is 12.1 Å². The molecular formula is C14H11FO3S. The summed E-state index contributed by atoms with van der Waals surface area (Å²) in [5, 5.41) is 9.06. The summed E-state index contributed by atoms with van der Waals surface area (Å²) >= 11 is 1.25. The fraction of sp³-hybridized carbons (Fsp3) is 0.0714. The van der Waals surface area contributed by atoms with Crippen LogP contribution in [0.2, 0.25) is 0 Å². The number of halogens is 1. The fourth-order valence-corrected chi connectivity index (χ4v) is 2.52. The van der Waals surface area contributed by atoms with Gasteiger partial charge in [0.05, 0.1) is 12.7 Å². The van der Waals surface area contributed by atoms with Crippen molar-refractivity contribution in [1.82, 2.24) is 0 Å². The zero-order valence-corrected chi connectivity index (χ0v) is 10.9. The Hall–Kier alpha value is -2.01. The number of hydrogen-bond acceptors (Lipinski definition) is 3. The molecule has 0 saturated heterocycles. The highest BCUT2D eigenvalue weighted by molar-refractivity contribution is 7.99. The van der Waals surface area contributed by atoms with E-state index < -0.39 is 11.8 Å². The van der Waals surface area contributed by atoms with Gasteiger partial charge < -0.3 is 9.84 Å². The molecule has 0 spiro atoms. The van der Waals surface area contributed by atoms with Crippen LogP contribution in [0, 0.1) is 5.82 Å². The Kier molecular flexibility index (Phi) is 4.06. The number of carboxylic acid groups (broad SMARTS) is 1. The smallest absolute Gasteiger partial charge is 0.336 e. The minimum absolute atomic E-state index is 0.0483. The fourth-order valence-electron chi connectivity index (χ4n) is 1.55. The third kappa shape index (κ3) is 3.26. The molecule has 0 atom stereocenters. The second-order valence-electron chi connectivity index (χ2n) is 3.73. The normalized spacial score (nSPS) is 10.2. The number of rotatable bonds is 4. The minimum atomic E-state index is -1.15. The first-order valence-corrected chi connectivity index (χ1v) is 6.26. The highest BCUT2D eigenvalue weighted by atomic mass is 32.2. The summed E-state index contributed by atoms with van der Waals surface area (Å²) in [6, 6.07) is 11.0. The molecule has 1 N–H and O–H groups in total. The molecule has 0 heterocycles. The summed E-state index contributed by atoms with van der Waals surface area (Å²) in [6.07, 6.45) is 0. The minimum Gasteiger partial charge on any atom is -0.497 e. The standard InChI is InChI=1S/C14H11FO3S/c1-18-10-3-2-4-11(8-10)19-13-6-5-9(15)7-12(13)14(16)17/h2-8H,1H3,(H,16,17). The monoisotopic (exact) mass is 278 g/mol. The van der Waals surface area contributed by atoms with E-state index in [1.54, 1.807) is 19.2 Å². The van der Waals surface area contributed by atoms with Crippen LogP contribution >= 0.6 is 11.8 Å². The predicted molar refractivity (Wildman–Crippen MR) is 70.5 cm³/mol. The quantitative estimate of drug-likeness (QED) is 0.926. The maximum atomic E-state index is 13.1. The van der Waals surface area contributed by atoms with Gasteiger partial charge in [-0.1, -0.05) is 17.8 Å². The molecule has 3 nitrogen and oxygen atoms in total. The van der Waals surface area contributed by atoms with Gasteiger partial charge in [-0.2, -0.15) is 0 Å². The highest BCUT2D eigenvalue weighted by Crippen LogP contribution is 2.32. The molecule has 0 saturated carbocycles. The second kappa shape index (κ2) is 5.75. The van der Waals surface area contributed by atoms with E-state index in [0.29, 0.717) is 10.6 Å². The van der Waals surface area contributed by atoms with Crippen LogP contribution in [0.3, 0.4) is 0 Å². The SMILES string of the molecule is COc1cccc(Sc2ccc(F)cc2C(=O)O)c1. The third-order valence-electron chi connectivity index (χ3n) is 2.44. The van der Waals surface area contributed by atoms with Gasteiger partial charge >= 0.3 is 5.97 Å². The van der Waals surface area contributed by atoms with E-state index in [1.165, 1.54) is 23.9 Å². The van der Waals surface area contributed by atoms with Gasteiger partial charge in [-0.05, 0) is 36.4 Å². The van der Waals surface area contributed by atoms with Crippen molar-refractivity contribution in [3.8, 4) is 5.75 Å². The summed E-state index contributed by atoms with van der Waals surface area (Å²) in [5.41, 5.74) is -0.0483. The van der Waals surface area contributed by atoms with E-state index in [4.69, 9.17) is 9.84 Å². The molecule has 2 aromatic rings. The topological polar surface area (TPSA) is 46.5 Å². The first-order valence-electron chi connectivity index (χ1n) is 5.45. The zero-order valence-electron chi connectivity index (χ0n) is 10.1. The average molecular weight is 278 g/mol. The molecular weight excluding hydrogens is 267 g/mol. The van der Waals surface area contributed by atoms with E-state index >= 15 is 0 Å². The van der Waals surface area contributed by atoms with Crippen molar-refractivity contribution in [3.05, 3.63) is 53.8 Å². The molecule has 0 unspecified atom stereocenters. The lowest BCUT2D eigenvalue weighted by atomic mass is 10.2. The Bertz CT molecular complexity index is 613. The Morgan fingerprint density at radius 3 is 2.74 bits per heavy atom. The van der Waals surface area contributed by atoms with E-state index in [0.717, 1.165) is 11.0 Å². The van der Waals surface area contributed by atoms with Gasteiger partial charge in [-0.3, -0.25) is 0 Å². The molecule has 0 fully saturated rings.